The molecule has 1 aliphatic heterocycles. The summed E-state index contributed by atoms with van der Waals surface area (Å²) in [7, 11) is 4.41. The maximum atomic E-state index is 5.37. The summed E-state index contributed by atoms with van der Waals surface area (Å²) in [5, 5.41) is 4.18. The molecule has 0 spiro atoms. The van der Waals surface area contributed by atoms with Crippen LogP contribution in [0.25, 0.3) is 0 Å². The van der Waals surface area contributed by atoms with Gasteiger partial charge in [0.1, 0.15) is 5.76 Å². The normalized spacial score (nSPS) is 23.1. The van der Waals surface area contributed by atoms with E-state index in [4.69, 9.17) is 4.52 Å². The second kappa shape index (κ2) is 5.86. The zero-order valence-corrected chi connectivity index (χ0v) is 13.8. The van der Waals surface area contributed by atoms with Gasteiger partial charge in [0.25, 0.3) is 0 Å². The van der Waals surface area contributed by atoms with E-state index in [0.717, 1.165) is 24.5 Å². The van der Waals surface area contributed by atoms with Crippen LogP contribution in [0.2, 0.25) is 0 Å². The van der Waals surface area contributed by atoms with E-state index >= 15 is 0 Å². The summed E-state index contributed by atoms with van der Waals surface area (Å²) in [6, 6.07) is 2.09. The Labute approximate surface area is 123 Å². The topological polar surface area (TPSA) is 32.5 Å². The fourth-order valence-corrected chi connectivity index (χ4v) is 3.01. The second-order valence-corrected chi connectivity index (χ2v) is 7.13. The van der Waals surface area contributed by atoms with Gasteiger partial charge in [0.15, 0.2) is 0 Å². The summed E-state index contributed by atoms with van der Waals surface area (Å²) in [5.74, 6) is 2.10. The number of likely N-dealkylation sites (tertiary alicyclic amines) is 1. The van der Waals surface area contributed by atoms with Crippen LogP contribution in [0.1, 0.15) is 51.5 Å². The van der Waals surface area contributed by atoms with Gasteiger partial charge in [-0.1, -0.05) is 19.0 Å². The van der Waals surface area contributed by atoms with Crippen LogP contribution < -0.4 is 0 Å². The summed E-state index contributed by atoms with van der Waals surface area (Å²) in [6.45, 7) is 12.1. The van der Waals surface area contributed by atoms with Gasteiger partial charge in [-0.3, -0.25) is 0 Å². The summed E-state index contributed by atoms with van der Waals surface area (Å²) < 4.78 is 5.37. The third kappa shape index (κ3) is 3.23. The Morgan fingerprint density at radius 3 is 2.70 bits per heavy atom. The predicted molar refractivity (Wildman–Crippen MR) is 81.7 cm³/mol. The van der Waals surface area contributed by atoms with Crippen molar-refractivity contribution >= 4 is 0 Å². The Morgan fingerprint density at radius 2 is 2.20 bits per heavy atom. The van der Waals surface area contributed by atoms with Crippen LogP contribution >= 0.6 is 0 Å². The van der Waals surface area contributed by atoms with Crippen molar-refractivity contribution in [2.45, 2.75) is 52.1 Å². The van der Waals surface area contributed by atoms with Gasteiger partial charge in [-0.05, 0) is 46.8 Å². The Kier molecular flexibility index (Phi) is 4.55. The monoisotopic (exact) mass is 279 g/mol. The molecular formula is C16H29N3O. The lowest BCUT2D eigenvalue weighted by Gasteiger charge is -2.35. The smallest absolute Gasteiger partial charge is 0.139 e. The molecule has 1 aromatic rings. The highest BCUT2D eigenvalue weighted by molar-refractivity contribution is 5.08. The van der Waals surface area contributed by atoms with Crippen LogP contribution in [-0.2, 0) is 6.54 Å². The molecule has 20 heavy (non-hydrogen) atoms. The van der Waals surface area contributed by atoms with Crippen LogP contribution in [0.4, 0.5) is 0 Å². The number of hydrogen-bond donors (Lipinski definition) is 0. The van der Waals surface area contributed by atoms with E-state index in [1.807, 2.05) is 0 Å². The Morgan fingerprint density at radius 1 is 1.50 bits per heavy atom. The molecule has 0 saturated carbocycles. The molecule has 4 nitrogen and oxygen atoms in total. The molecule has 0 N–H and O–H groups in total. The van der Waals surface area contributed by atoms with Gasteiger partial charge in [0.05, 0.1) is 5.69 Å². The lowest BCUT2D eigenvalue weighted by Crippen LogP contribution is -2.43. The molecule has 2 rings (SSSR count). The molecule has 0 bridgehead atoms. The zero-order chi connectivity index (χ0) is 14.9. The van der Waals surface area contributed by atoms with Crippen molar-refractivity contribution in [1.82, 2.24) is 15.0 Å². The highest BCUT2D eigenvalue weighted by atomic mass is 16.5. The molecule has 1 aliphatic rings. The number of rotatable bonds is 5. The molecule has 1 fully saturated rings. The van der Waals surface area contributed by atoms with E-state index in [-0.39, 0.29) is 0 Å². The van der Waals surface area contributed by atoms with Gasteiger partial charge in [-0.2, -0.15) is 0 Å². The van der Waals surface area contributed by atoms with Gasteiger partial charge in [-0.25, -0.2) is 0 Å². The Balaban J connectivity index is 1.90. The number of aromatic nitrogens is 1. The largest absolute Gasteiger partial charge is 0.361 e. The van der Waals surface area contributed by atoms with Crippen molar-refractivity contribution in [3.63, 3.8) is 0 Å². The van der Waals surface area contributed by atoms with Gasteiger partial charge < -0.3 is 14.3 Å². The first-order chi connectivity index (χ1) is 9.30. The van der Waals surface area contributed by atoms with Crippen LogP contribution in [0.3, 0.4) is 0 Å². The maximum Gasteiger partial charge on any atom is 0.139 e. The molecular weight excluding hydrogens is 250 g/mol. The van der Waals surface area contributed by atoms with Crippen LogP contribution in [0.5, 0.6) is 0 Å². The van der Waals surface area contributed by atoms with Crippen LogP contribution in [0.15, 0.2) is 10.6 Å². The zero-order valence-electron chi connectivity index (χ0n) is 13.8. The molecule has 114 valence electrons. The van der Waals surface area contributed by atoms with E-state index < -0.39 is 0 Å². The molecule has 0 amide bonds. The molecule has 1 atom stereocenters. The fraction of sp³-hybridized carbons (Fsp3) is 0.812. The molecule has 1 saturated heterocycles. The van der Waals surface area contributed by atoms with E-state index in [0.29, 0.717) is 17.4 Å². The first-order valence-corrected chi connectivity index (χ1v) is 7.66. The maximum absolute atomic E-state index is 5.37. The van der Waals surface area contributed by atoms with Crippen molar-refractivity contribution in [2.75, 3.05) is 27.2 Å². The van der Waals surface area contributed by atoms with E-state index in [2.05, 4.69) is 62.8 Å². The van der Waals surface area contributed by atoms with Gasteiger partial charge in [0, 0.05) is 30.6 Å². The summed E-state index contributed by atoms with van der Waals surface area (Å²) >= 11 is 0. The average molecular weight is 279 g/mol. The SMILES string of the molecule is CC(C)c1cc(CN(C)C[C@H]2CCN(C)C2(C)C)no1. The van der Waals surface area contributed by atoms with E-state index in [1.165, 1.54) is 13.0 Å². The fourth-order valence-electron chi connectivity index (χ4n) is 3.01. The second-order valence-electron chi connectivity index (χ2n) is 7.13. The van der Waals surface area contributed by atoms with Crippen LogP contribution in [-0.4, -0.2) is 47.7 Å². The molecule has 4 heteroatoms. The summed E-state index contributed by atoms with van der Waals surface area (Å²) in [4.78, 5) is 4.84. The van der Waals surface area contributed by atoms with Gasteiger partial charge in [0.2, 0.25) is 0 Å². The quantitative estimate of drug-likeness (QED) is 0.829. The molecule has 0 aromatic carbocycles. The predicted octanol–water partition coefficient (Wildman–Crippen LogP) is 2.96. The highest BCUT2D eigenvalue weighted by Gasteiger charge is 2.39. The minimum Gasteiger partial charge on any atom is -0.361 e. The summed E-state index contributed by atoms with van der Waals surface area (Å²) in [5.41, 5.74) is 1.33. The van der Waals surface area contributed by atoms with Crippen molar-refractivity contribution in [2.24, 2.45) is 5.92 Å². The Bertz CT molecular complexity index is 439. The van der Waals surface area contributed by atoms with Crippen molar-refractivity contribution < 1.29 is 4.52 Å². The van der Waals surface area contributed by atoms with Gasteiger partial charge in [-0.15, -0.1) is 0 Å². The molecule has 0 aliphatic carbocycles. The molecule has 0 radical (unpaired) electrons. The van der Waals surface area contributed by atoms with E-state index in [9.17, 15) is 0 Å². The third-order valence-electron chi connectivity index (χ3n) is 4.91. The Hall–Kier alpha value is -0.870. The number of hydrogen-bond acceptors (Lipinski definition) is 4. The van der Waals surface area contributed by atoms with Crippen LogP contribution in [0, 0.1) is 5.92 Å². The van der Waals surface area contributed by atoms with Gasteiger partial charge >= 0.3 is 0 Å². The highest BCUT2D eigenvalue weighted by Crippen LogP contribution is 2.33. The van der Waals surface area contributed by atoms with E-state index in [1.54, 1.807) is 0 Å². The average Bonchev–Trinajstić information content (AvgIpc) is 2.90. The molecule has 1 aromatic heterocycles. The lowest BCUT2D eigenvalue weighted by atomic mass is 9.88. The number of nitrogens with zero attached hydrogens (tertiary/aromatic N) is 3. The minimum atomic E-state index is 0.293. The summed E-state index contributed by atoms with van der Waals surface area (Å²) in [6.07, 6.45) is 1.28. The molecule has 2 heterocycles. The van der Waals surface area contributed by atoms with Crippen molar-refractivity contribution in [3.8, 4) is 0 Å². The third-order valence-corrected chi connectivity index (χ3v) is 4.91. The van der Waals surface area contributed by atoms with Crippen molar-refractivity contribution in [1.29, 1.82) is 0 Å². The first kappa shape index (κ1) is 15.5. The minimum absolute atomic E-state index is 0.293. The standard InChI is InChI=1S/C16H29N3O/c1-12(2)15-9-14(17-20-15)11-18(5)10-13-7-8-19(6)16(13,3)4/h9,12-13H,7-8,10-11H2,1-6H3/t13-/m1/s1. The lowest BCUT2D eigenvalue weighted by molar-refractivity contribution is 0.139. The van der Waals surface area contributed by atoms with Crippen molar-refractivity contribution in [3.05, 3.63) is 17.5 Å². The first-order valence-electron chi connectivity index (χ1n) is 7.66. The molecule has 0 unspecified atom stereocenters.